The first kappa shape index (κ1) is 20.1. The molecule has 1 N–H and O–H groups in total. The van der Waals surface area contributed by atoms with E-state index in [-0.39, 0.29) is 16.3 Å². The van der Waals surface area contributed by atoms with Crippen molar-refractivity contribution < 1.29 is 18.1 Å². The highest BCUT2D eigenvalue weighted by Crippen LogP contribution is 2.23. The number of nitrogens with one attached hydrogen (secondary N) is 1. The maximum atomic E-state index is 12.5. The normalized spacial score (nSPS) is 11.1. The number of hydrogen-bond acceptors (Lipinski definition) is 7. The number of anilines is 1. The molecule has 148 valence electrons. The number of carbonyl (C=O) groups is 1. The summed E-state index contributed by atoms with van der Waals surface area (Å²) in [5.74, 6) is -0.418. The van der Waals surface area contributed by atoms with Crippen LogP contribution in [0.5, 0.6) is 0 Å². The van der Waals surface area contributed by atoms with Crippen LogP contribution >= 0.6 is 0 Å². The van der Waals surface area contributed by atoms with Gasteiger partial charge in [-0.1, -0.05) is 12.1 Å². The first-order chi connectivity index (χ1) is 13.6. The minimum absolute atomic E-state index is 0.0559. The van der Waals surface area contributed by atoms with Gasteiger partial charge in [0.1, 0.15) is 0 Å². The molecule has 0 aliphatic heterocycles. The summed E-state index contributed by atoms with van der Waals surface area (Å²) in [6.45, 7) is 1.56. The van der Waals surface area contributed by atoms with Gasteiger partial charge in [-0.05, 0) is 43.3 Å². The average Bonchev–Trinajstić information content (AvgIpc) is 2.67. The highest BCUT2D eigenvalue weighted by atomic mass is 32.2. The third-order valence-corrected chi connectivity index (χ3v) is 5.07. The second-order valence-corrected chi connectivity index (χ2v) is 8.28. The Balaban J connectivity index is 1.82. The van der Waals surface area contributed by atoms with Crippen LogP contribution in [0.15, 0.2) is 59.6 Å². The molecule has 0 saturated heterocycles. The van der Waals surface area contributed by atoms with Gasteiger partial charge in [-0.15, -0.1) is 10.2 Å². The van der Waals surface area contributed by atoms with Gasteiger partial charge in [0.05, 0.1) is 10.6 Å². The number of sulfone groups is 1. The quantitative estimate of drug-likeness (QED) is 0.503. The number of benzene rings is 2. The minimum atomic E-state index is -3.44. The zero-order valence-electron chi connectivity index (χ0n) is 15.5. The van der Waals surface area contributed by atoms with Crippen molar-refractivity contribution in [1.29, 1.82) is 0 Å². The van der Waals surface area contributed by atoms with E-state index in [0.29, 0.717) is 22.5 Å². The molecule has 0 bridgehead atoms. The van der Waals surface area contributed by atoms with Crippen molar-refractivity contribution in [3.63, 3.8) is 0 Å². The molecule has 0 atom stereocenters. The average molecular weight is 412 g/mol. The topological polar surface area (TPSA) is 132 Å². The lowest BCUT2D eigenvalue weighted by atomic mass is 10.1. The smallest absolute Gasteiger partial charge is 0.272 e. The number of aryl methyl sites for hydroxylation is 1. The Morgan fingerprint density at radius 3 is 2.41 bits per heavy atom. The third kappa shape index (κ3) is 4.61. The molecule has 0 aliphatic carbocycles. The second kappa shape index (κ2) is 7.76. The van der Waals surface area contributed by atoms with Gasteiger partial charge in [-0.25, -0.2) is 8.42 Å². The molecule has 0 radical (unpaired) electrons. The van der Waals surface area contributed by atoms with Crippen molar-refractivity contribution in [3.05, 3.63) is 75.8 Å². The fourth-order valence-electron chi connectivity index (χ4n) is 2.63. The Morgan fingerprint density at radius 1 is 1.07 bits per heavy atom. The molecule has 0 aliphatic rings. The molecule has 29 heavy (non-hydrogen) atoms. The van der Waals surface area contributed by atoms with Crippen LogP contribution in [-0.2, 0) is 9.84 Å². The Morgan fingerprint density at radius 2 is 1.83 bits per heavy atom. The van der Waals surface area contributed by atoms with Gasteiger partial charge in [-0.2, -0.15) is 0 Å². The van der Waals surface area contributed by atoms with E-state index < -0.39 is 20.7 Å². The van der Waals surface area contributed by atoms with Gasteiger partial charge in [0.15, 0.2) is 14.9 Å². The lowest BCUT2D eigenvalue weighted by Crippen LogP contribution is -2.12. The summed E-state index contributed by atoms with van der Waals surface area (Å²) in [7, 11) is -3.44. The molecule has 2 aromatic carbocycles. The van der Waals surface area contributed by atoms with Crippen LogP contribution in [0.2, 0.25) is 0 Å². The van der Waals surface area contributed by atoms with Crippen molar-refractivity contribution in [3.8, 4) is 11.3 Å². The number of carbonyl (C=O) groups excluding carboxylic acids is 1. The number of hydrogen-bond donors (Lipinski definition) is 1. The molecule has 10 heteroatoms. The van der Waals surface area contributed by atoms with Crippen molar-refractivity contribution in [2.24, 2.45) is 0 Å². The zero-order valence-corrected chi connectivity index (χ0v) is 16.3. The molecule has 9 nitrogen and oxygen atoms in total. The van der Waals surface area contributed by atoms with E-state index in [0.717, 1.165) is 6.26 Å². The number of amides is 1. The van der Waals surface area contributed by atoms with E-state index in [9.17, 15) is 23.3 Å². The predicted octanol–water partition coefficient (Wildman–Crippen LogP) is 3.02. The molecule has 1 amide bonds. The summed E-state index contributed by atoms with van der Waals surface area (Å²) >= 11 is 0. The van der Waals surface area contributed by atoms with Crippen molar-refractivity contribution in [1.82, 2.24) is 10.2 Å². The lowest BCUT2D eigenvalue weighted by molar-refractivity contribution is -0.385. The summed E-state index contributed by atoms with van der Waals surface area (Å²) in [4.78, 5) is 22.9. The molecule has 0 spiro atoms. The first-order valence-corrected chi connectivity index (χ1v) is 10.2. The summed E-state index contributed by atoms with van der Waals surface area (Å²) in [5.41, 5.74) is 2.18. The monoisotopic (exact) mass is 412 g/mol. The number of nitro benzene ring substituents is 1. The summed E-state index contributed by atoms with van der Waals surface area (Å²) in [5, 5.41) is 21.1. The number of nitro groups is 1. The van der Waals surface area contributed by atoms with E-state index >= 15 is 0 Å². The van der Waals surface area contributed by atoms with E-state index in [1.807, 2.05) is 0 Å². The highest BCUT2D eigenvalue weighted by Gasteiger charge is 2.14. The molecule has 3 aromatic rings. The van der Waals surface area contributed by atoms with Gasteiger partial charge in [0.25, 0.3) is 11.6 Å². The summed E-state index contributed by atoms with van der Waals surface area (Å²) in [6, 6.07) is 13.8. The SMILES string of the molecule is Cc1cc(C(=O)Nc2cccc(-c3ccc(S(C)(=O)=O)nn3)c2)ccc1[N+](=O)[O-]. The molecule has 1 heterocycles. The van der Waals surface area contributed by atoms with Crippen molar-refractivity contribution in [2.75, 3.05) is 11.6 Å². The fourth-order valence-corrected chi connectivity index (χ4v) is 3.14. The highest BCUT2D eigenvalue weighted by molar-refractivity contribution is 7.90. The van der Waals surface area contributed by atoms with Crippen LogP contribution < -0.4 is 5.32 Å². The van der Waals surface area contributed by atoms with Crippen molar-refractivity contribution >= 4 is 27.1 Å². The molecular formula is C19H16N4O5S. The third-order valence-electron chi connectivity index (χ3n) is 4.09. The van der Waals surface area contributed by atoms with Gasteiger partial charge >= 0.3 is 0 Å². The second-order valence-electron chi connectivity index (χ2n) is 6.32. The molecular weight excluding hydrogens is 396 g/mol. The maximum absolute atomic E-state index is 12.5. The lowest BCUT2D eigenvalue weighted by Gasteiger charge is -2.08. The van der Waals surface area contributed by atoms with E-state index in [2.05, 4.69) is 15.5 Å². The number of rotatable bonds is 5. The minimum Gasteiger partial charge on any atom is -0.322 e. The predicted molar refractivity (Wildman–Crippen MR) is 106 cm³/mol. The number of nitrogens with zero attached hydrogens (tertiary/aromatic N) is 3. The summed E-state index contributed by atoms with van der Waals surface area (Å²) in [6.07, 6.45) is 1.05. The van der Waals surface area contributed by atoms with E-state index in [1.54, 1.807) is 31.2 Å². The van der Waals surface area contributed by atoms with Crippen LogP contribution in [0.4, 0.5) is 11.4 Å². The van der Waals surface area contributed by atoms with Gasteiger partial charge in [-0.3, -0.25) is 14.9 Å². The molecule has 3 rings (SSSR count). The maximum Gasteiger partial charge on any atom is 0.272 e. The Hall–Kier alpha value is -3.66. The first-order valence-electron chi connectivity index (χ1n) is 8.36. The molecule has 0 unspecified atom stereocenters. The Bertz CT molecular complexity index is 1210. The Kier molecular flexibility index (Phi) is 5.37. The van der Waals surface area contributed by atoms with E-state index in [1.165, 1.54) is 30.3 Å². The van der Waals surface area contributed by atoms with Gasteiger partial charge in [0, 0.05) is 34.7 Å². The molecule has 1 aromatic heterocycles. The fraction of sp³-hybridized carbons (Fsp3) is 0.105. The van der Waals surface area contributed by atoms with Crippen LogP contribution in [0.1, 0.15) is 15.9 Å². The zero-order chi connectivity index (χ0) is 21.2. The van der Waals surface area contributed by atoms with Crippen molar-refractivity contribution in [2.45, 2.75) is 11.9 Å². The van der Waals surface area contributed by atoms with Gasteiger partial charge in [0.2, 0.25) is 0 Å². The van der Waals surface area contributed by atoms with Gasteiger partial charge < -0.3 is 5.32 Å². The van der Waals surface area contributed by atoms with Crippen LogP contribution in [-0.4, -0.2) is 35.7 Å². The van der Waals surface area contributed by atoms with Crippen LogP contribution in [0.3, 0.4) is 0 Å². The number of aromatic nitrogens is 2. The summed E-state index contributed by atoms with van der Waals surface area (Å²) < 4.78 is 23.0. The largest absolute Gasteiger partial charge is 0.322 e. The molecule has 0 saturated carbocycles. The standard InChI is InChI=1S/C19H16N4O5S/c1-12-10-14(6-8-17(12)23(25)26)19(24)20-15-5-3-4-13(11-15)16-7-9-18(22-21-16)29(2,27)28/h3-11H,1-2H3,(H,20,24). The van der Waals surface area contributed by atoms with E-state index in [4.69, 9.17) is 0 Å². The molecule has 0 fully saturated rings. The Labute approximate surface area is 166 Å². The van der Waals surface area contributed by atoms with Crippen LogP contribution in [0.25, 0.3) is 11.3 Å². The van der Waals surface area contributed by atoms with Crippen LogP contribution in [0, 0.1) is 17.0 Å².